The number of amides is 2. The van der Waals surface area contributed by atoms with Crippen LogP contribution in [-0.4, -0.2) is 52.4 Å². The number of hydrogen-bond acceptors (Lipinski definition) is 3. The molecule has 0 N–H and O–H groups in total. The molecule has 146 valence electrons. The summed E-state index contributed by atoms with van der Waals surface area (Å²) in [7, 11) is 0. The zero-order chi connectivity index (χ0) is 19.8. The molecule has 1 aliphatic heterocycles. The molecule has 3 aromatic rings. The second kappa shape index (κ2) is 7.36. The molecule has 0 atom stereocenters. The zero-order valence-electron chi connectivity index (χ0n) is 15.9. The number of fused-ring (bicyclic) bond motifs is 1. The molecular weight excluding hydrogens is 378 g/mol. The Morgan fingerprint density at radius 3 is 2.43 bits per heavy atom. The van der Waals surface area contributed by atoms with Gasteiger partial charge in [-0.2, -0.15) is 0 Å². The lowest BCUT2D eigenvalue weighted by atomic mass is 10.2. The third-order valence-electron chi connectivity index (χ3n) is 5.23. The number of piperazine rings is 1. The number of aromatic nitrogens is 1. The van der Waals surface area contributed by atoms with E-state index in [2.05, 4.69) is 0 Å². The molecule has 0 unspecified atom stereocenters. The predicted molar refractivity (Wildman–Crippen MR) is 108 cm³/mol. The number of carbonyl (C=O) groups is 2. The molecule has 4 rings (SSSR count). The molecule has 7 heteroatoms. The van der Waals surface area contributed by atoms with Crippen LogP contribution in [0.4, 0.5) is 0 Å². The van der Waals surface area contributed by atoms with E-state index in [1.807, 2.05) is 41.8 Å². The lowest BCUT2D eigenvalue weighted by Gasteiger charge is -2.34. The van der Waals surface area contributed by atoms with Gasteiger partial charge in [0, 0.05) is 56.8 Å². The van der Waals surface area contributed by atoms with Crippen LogP contribution in [0.2, 0.25) is 5.02 Å². The summed E-state index contributed by atoms with van der Waals surface area (Å²) in [5.74, 6) is 0.786. The molecule has 6 nitrogen and oxygen atoms in total. The normalized spacial score (nSPS) is 14.7. The van der Waals surface area contributed by atoms with Gasteiger partial charge >= 0.3 is 0 Å². The maximum Gasteiger partial charge on any atom is 0.270 e. The molecule has 2 amide bonds. The minimum Gasteiger partial charge on any atom is -0.460 e. The van der Waals surface area contributed by atoms with Crippen molar-refractivity contribution >= 4 is 34.5 Å². The van der Waals surface area contributed by atoms with E-state index in [0.29, 0.717) is 49.0 Å². The Balaban J connectivity index is 1.67. The Morgan fingerprint density at radius 1 is 1.07 bits per heavy atom. The van der Waals surface area contributed by atoms with Crippen molar-refractivity contribution in [2.45, 2.75) is 20.4 Å². The fourth-order valence-electron chi connectivity index (χ4n) is 3.70. The molecule has 1 aliphatic rings. The van der Waals surface area contributed by atoms with Crippen molar-refractivity contribution < 1.29 is 14.0 Å². The molecule has 1 fully saturated rings. The van der Waals surface area contributed by atoms with E-state index >= 15 is 0 Å². The predicted octanol–water partition coefficient (Wildman–Crippen LogP) is 3.55. The van der Waals surface area contributed by atoms with Gasteiger partial charge in [0.2, 0.25) is 5.91 Å². The van der Waals surface area contributed by atoms with Gasteiger partial charge in [0.05, 0.1) is 5.52 Å². The molecule has 0 bridgehead atoms. The number of benzene rings is 1. The van der Waals surface area contributed by atoms with Crippen LogP contribution in [0.25, 0.3) is 11.1 Å². The standard InChI is InChI=1S/C21H22ClN3O3/c1-14-11-18-20(28-14)12-19(25(18)13-16-5-3-4-6-17(16)22)21(27)24-9-7-23(8-10-24)15(2)26/h3-6,11-12H,7-10,13H2,1-2H3. The summed E-state index contributed by atoms with van der Waals surface area (Å²) in [5.41, 5.74) is 3.08. The van der Waals surface area contributed by atoms with Gasteiger partial charge in [-0.1, -0.05) is 29.8 Å². The van der Waals surface area contributed by atoms with Crippen molar-refractivity contribution in [3.05, 3.63) is 58.4 Å². The highest BCUT2D eigenvalue weighted by atomic mass is 35.5. The van der Waals surface area contributed by atoms with Crippen LogP contribution in [0, 0.1) is 6.92 Å². The largest absolute Gasteiger partial charge is 0.460 e. The fraction of sp³-hybridized carbons (Fsp3) is 0.333. The smallest absolute Gasteiger partial charge is 0.270 e. The van der Waals surface area contributed by atoms with E-state index in [0.717, 1.165) is 16.8 Å². The summed E-state index contributed by atoms with van der Waals surface area (Å²) >= 11 is 6.35. The number of nitrogens with zero attached hydrogens (tertiary/aromatic N) is 3. The average Bonchev–Trinajstić information content (AvgIpc) is 3.20. The molecule has 0 spiro atoms. The molecule has 3 heterocycles. The van der Waals surface area contributed by atoms with Gasteiger partial charge in [-0.25, -0.2) is 0 Å². The molecule has 0 saturated carbocycles. The first kappa shape index (κ1) is 18.6. The van der Waals surface area contributed by atoms with Gasteiger partial charge in [-0.05, 0) is 18.6 Å². The van der Waals surface area contributed by atoms with Gasteiger partial charge < -0.3 is 18.8 Å². The van der Waals surface area contributed by atoms with Gasteiger partial charge in [-0.15, -0.1) is 0 Å². The van der Waals surface area contributed by atoms with Crippen LogP contribution < -0.4 is 0 Å². The Labute approximate surface area is 168 Å². The number of rotatable bonds is 3. The van der Waals surface area contributed by atoms with Gasteiger partial charge in [0.15, 0.2) is 5.58 Å². The molecular formula is C21H22ClN3O3. The molecule has 1 saturated heterocycles. The Kier molecular flexibility index (Phi) is 4.89. The first-order valence-corrected chi connectivity index (χ1v) is 9.69. The van der Waals surface area contributed by atoms with Crippen molar-refractivity contribution in [1.29, 1.82) is 0 Å². The summed E-state index contributed by atoms with van der Waals surface area (Å²) in [6.07, 6.45) is 0. The van der Waals surface area contributed by atoms with Crippen molar-refractivity contribution in [3.63, 3.8) is 0 Å². The lowest BCUT2D eigenvalue weighted by Crippen LogP contribution is -2.50. The van der Waals surface area contributed by atoms with Crippen LogP contribution in [0.15, 0.2) is 40.8 Å². The van der Waals surface area contributed by atoms with Crippen molar-refractivity contribution in [3.8, 4) is 0 Å². The summed E-state index contributed by atoms with van der Waals surface area (Å²) in [6, 6.07) is 11.4. The van der Waals surface area contributed by atoms with Crippen molar-refractivity contribution in [2.75, 3.05) is 26.2 Å². The van der Waals surface area contributed by atoms with Crippen LogP contribution in [0.3, 0.4) is 0 Å². The molecule has 0 radical (unpaired) electrons. The maximum atomic E-state index is 13.3. The Bertz CT molecular complexity index is 1040. The average molecular weight is 400 g/mol. The van der Waals surface area contributed by atoms with Crippen LogP contribution in [0.1, 0.15) is 28.7 Å². The quantitative estimate of drug-likeness (QED) is 0.676. The van der Waals surface area contributed by atoms with Crippen LogP contribution in [0.5, 0.6) is 0 Å². The van der Waals surface area contributed by atoms with Crippen molar-refractivity contribution in [1.82, 2.24) is 14.4 Å². The fourth-order valence-corrected chi connectivity index (χ4v) is 3.89. The minimum absolute atomic E-state index is 0.0437. The third-order valence-corrected chi connectivity index (χ3v) is 5.60. The lowest BCUT2D eigenvalue weighted by molar-refractivity contribution is -0.130. The van der Waals surface area contributed by atoms with E-state index in [1.54, 1.807) is 22.8 Å². The first-order chi connectivity index (χ1) is 13.4. The summed E-state index contributed by atoms with van der Waals surface area (Å²) in [5, 5.41) is 0.665. The minimum atomic E-state index is -0.0562. The van der Waals surface area contributed by atoms with E-state index in [1.165, 1.54) is 0 Å². The Morgan fingerprint density at radius 2 is 1.75 bits per heavy atom. The zero-order valence-corrected chi connectivity index (χ0v) is 16.7. The molecule has 1 aromatic carbocycles. The number of aryl methyl sites for hydroxylation is 1. The van der Waals surface area contributed by atoms with E-state index in [-0.39, 0.29) is 11.8 Å². The molecule has 0 aliphatic carbocycles. The van der Waals surface area contributed by atoms with Crippen LogP contribution >= 0.6 is 11.6 Å². The van der Waals surface area contributed by atoms with E-state index < -0.39 is 0 Å². The highest BCUT2D eigenvalue weighted by Gasteiger charge is 2.27. The molecule has 2 aromatic heterocycles. The SMILES string of the molecule is CC(=O)N1CCN(C(=O)c2cc3oc(C)cc3n2Cc2ccccc2Cl)CC1. The van der Waals surface area contributed by atoms with Crippen LogP contribution in [-0.2, 0) is 11.3 Å². The number of carbonyl (C=O) groups excluding carboxylic acids is 2. The number of hydrogen-bond donors (Lipinski definition) is 0. The van der Waals surface area contributed by atoms with E-state index in [4.69, 9.17) is 16.0 Å². The topological polar surface area (TPSA) is 58.7 Å². The first-order valence-electron chi connectivity index (χ1n) is 9.32. The van der Waals surface area contributed by atoms with E-state index in [9.17, 15) is 9.59 Å². The van der Waals surface area contributed by atoms with Gasteiger partial charge in [0.1, 0.15) is 11.5 Å². The second-order valence-corrected chi connectivity index (χ2v) is 7.52. The van der Waals surface area contributed by atoms with Gasteiger partial charge in [0.25, 0.3) is 5.91 Å². The summed E-state index contributed by atoms with van der Waals surface area (Å²) in [6.45, 7) is 6.09. The summed E-state index contributed by atoms with van der Waals surface area (Å²) < 4.78 is 7.73. The summed E-state index contributed by atoms with van der Waals surface area (Å²) in [4.78, 5) is 28.4. The van der Waals surface area contributed by atoms with Gasteiger partial charge in [-0.3, -0.25) is 9.59 Å². The number of furan rings is 1. The highest BCUT2D eigenvalue weighted by molar-refractivity contribution is 6.31. The maximum absolute atomic E-state index is 13.3. The highest BCUT2D eigenvalue weighted by Crippen LogP contribution is 2.27. The number of halogens is 1. The third kappa shape index (κ3) is 3.40. The Hall–Kier alpha value is -2.73. The van der Waals surface area contributed by atoms with Crippen molar-refractivity contribution in [2.24, 2.45) is 0 Å². The monoisotopic (exact) mass is 399 g/mol. The second-order valence-electron chi connectivity index (χ2n) is 7.11. The molecule has 28 heavy (non-hydrogen) atoms.